The van der Waals surface area contributed by atoms with Gasteiger partial charge in [-0.2, -0.15) is 0 Å². The Labute approximate surface area is 137 Å². The normalized spacial score (nSPS) is 24.7. The van der Waals surface area contributed by atoms with Crippen LogP contribution in [0, 0.1) is 11.3 Å². The van der Waals surface area contributed by atoms with Gasteiger partial charge in [-0.1, -0.05) is 32.4 Å². The minimum absolute atomic E-state index is 0.210. The molecule has 2 rings (SSSR count). The molecule has 1 N–H and O–H groups in total. The predicted octanol–water partition coefficient (Wildman–Crippen LogP) is 5.45. The van der Waals surface area contributed by atoms with E-state index >= 15 is 0 Å². The van der Waals surface area contributed by atoms with Gasteiger partial charge in [0.2, 0.25) is 0 Å². The Hall–Kier alpha value is -0.540. The maximum Gasteiger partial charge on any atom is 0.148 e. The molecule has 21 heavy (non-hydrogen) atoms. The molecule has 1 heterocycles. The lowest BCUT2D eigenvalue weighted by Gasteiger charge is -2.37. The lowest BCUT2D eigenvalue weighted by molar-refractivity contribution is 0.173. The van der Waals surface area contributed by atoms with Gasteiger partial charge >= 0.3 is 0 Å². The molecule has 1 aromatic heterocycles. The van der Waals surface area contributed by atoms with Crippen molar-refractivity contribution in [2.45, 2.75) is 64.8 Å². The van der Waals surface area contributed by atoms with Gasteiger partial charge in [0.15, 0.2) is 0 Å². The van der Waals surface area contributed by atoms with E-state index in [9.17, 15) is 0 Å². The molecular weight excluding hydrogens is 305 g/mol. The van der Waals surface area contributed by atoms with Gasteiger partial charge in [0, 0.05) is 6.04 Å². The van der Waals surface area contributed by atoms with Gasteiger partial charge in [-0.05, 0) is 43.9 Å². The van der Waals surface area contributed by atoms with Crippen molar-refractivity contribution in [2.24, 2.45) is 11.3 Å². The SMILES string of the molecule is CC(Cl)c1ncnc(NC2CCC(C(C)(C)C)CC2)c1Cl. The van der Waals surface area contributed by atoms with E-state index in [0.29, 0.717) is 28.0 Å². The van der Waals surface area contributed by atoms with E-state index < -0.39 is 0 Å². The number of halogens is 2. The van der Waals surface area contributed by atoms with E-state index in [4.69, 9.17) is 23.2 Å². The van der Waals surface area contributed by atoms with Crippen LogP contribution in [-0.4, -0.2) is 16.0 Å². The second kappa shape index (κ2) is 6.70. The standard InChI is InChI=1S/C16H25Cl2N3/c1-10(17)14-13(18)15(20-9-19-14)21-12-7-5-11(6-8-12)16(2,3)4/h9-12H,5-8H2,1-4H3,(H,19,20,21). The van der Waals surface area contributed by atoms with Crippen LogP contribution in [0.15, 0.2) is 6.33 Å². The van der Waals surface area contributed by atoms with Crippen LogP contribution in [0.5, 0.6) is 0 Å². The number of hydrogen-bond donors (Lipinski definition) is 1. The largest absolute Gasteiger partial charge is 0.366 e. The quantitative estimate of drug-likeness (QED) is 0.749. The Kier molecular flexibility index (Phi) is 5.37. The van der Waals surface area contributed by atoms with Crippen molar-refractivity contribution in [3.63, 3.8) is 0 Å². The van der Waals surface area contributed by atoms with Crippen LogP contribution in [0.3, 0.4) is 0 Å². The minimum atomic E-state index is -0.210. The number of hydrogen-bond acceptors (Lipinski definition) is 3. The Morgan fingerprint density at radius 1 is 1.19 bits per heavy atom. The van der Waals surface area contributed by atoms with Crippen molar-refractivity contribution in [3.8, 4) is 0 Å². The molecule has 0 spiro atoms. The third kappa shape index (κ3) is 4.23. The third-order valence-electron chi connectivity index (χ3n) is 4.49. The van der Waals surface area contributed by atoms with Crippen LogP contribution in [0.25, 0.3) is 0 Å². The summed E-state index contributed by atoms with van der Waals surface area (Å²) in [6.07, 6.45) is 6.36. The zero-order valence-corrected chi connectivity index (χ0v) is 14.8. The van der Waals surface area contributed by atoms with E-state index in [1.54, 1.807) is 0 Å². The van der Waals surface area contributed by atoms with Crippen molar-refractivity contribution in [1.82, 2.24) is 9.97 Å². The van der Waals surface area contributed by atoms with Gasteiger partial charge in [-0.15, -0.1) is 11.6 Å². The van der Waals surface area contributed by atoms with Gasteiger partial charge in [-0.3, -0.25) is 0 Å². The molecule has 3 nitrogen and oxygen atoms in total. The maximum absolute atomic E-state index is 6.35. The summed E-state index contributed by atoms with van der Waals surface area (Å²) in [5.41, 5.74) is 1.10. The van der Waals surface area contributed by atoms with Crippen LogP contribution >= 0.6 is 23.2 Å². The van der Waals surface area contributed by atoms with Crippen LogP contribution in [0.2, 0.25) is 5.02 Å². The molecule has 1 aliphatic rings. The fourth-order valence-electron chi connectivity index (χ4n) is 3.06. The van der Waals surface area contributed by atoms with Crippen molar-refractivity contribution in [1.29, 1.82) is 0 Å². The number of nitrogens with zero attached hydrogens (tertiary/aromatic N) is 2. The number of aromatic nitrogens is 2. The van der Waals surface area contributed by atoms with Crippen LogP contribution in [0.4, 0.5) is 5.82 Å². The molecule has 1 fully saturated rings. The van der Waals surface area contributed by atoms with E-state index in [2.05, 4.69) is 36.1 Å². The predicted molar refractivity (Wildman–Crippen MR) is 90.1 cm³/mol. The van der Waals surface area contributed by atoms with Gasteiger partial charge in [0.25, 0.3) is 0 Å². The van der Waals surface area contributed by atoms with Crippen molar-refractivity contribution < 1.29 is 0 Å². The molecule has 1 aromatic rings. The van der Waals surface area contributed by atoms with Crippen LogP contribution < -0.4 is 5.32 Å². The molecule has 1 saturated carbocycles. The molecule has 0 amide bonds. The molecule has 1 unspecified atom stereocenters. The first-order valence-electron chi connectivity index (χ1n) is 7.70. The molecule has 0 bridgehead atoms. The van der Waals surface area contributed by atoms with Gasteiger partial charge in [0.1, 0.15) is 17.2 Å². The Bertz CT molecular complexity index is 475. The monoisotopic (exact) mass is 329 g/mol. The summed E-state index contributed by atoms with van der Waals surface area (Å²) in [5, 5.41) is 3.82. The fourth-order valence-corrected chi connectivity index (χ4v) is 3.60. The summed E-state index contributed by atoms with van der Waals surface area (Å²) in [7, 11) is 0. The smallest absolute Gasteiger partial charge is 0.148 e. The molecule has 0 saturated heterocycles. The summed E-state index contributed by atoms with van der Waals surface area (Å²) in [6.45, 7) is 8.87. The highest BCUT2D eigenvalue weighted by molar-refractivity contribution is 6.34. The molecule has 5 heteroatoms. The Morgan fingerprint density at radius 3 is 2.33 bits per heavy atom. The first kappa shape index (κ1) is 16.8. The van der Waals surface area contributed by atoms with Crippen molar-refractivity contribution >= 4 is 29.0 Å². The maximum atomic E-state index is 6.35. The lowest BCUT2D eigenvalue weighted by atomic mass is 9.71. The van der Waals surface area contributed by atoms with Gasteiger partial charge in [0.05, 0.1) is 11.1 Å². The second-order valence-electron chi connectivity index (χ2n) is 7.10. The first-order valence-corrected chi connectivity index (χ1v) is 8.51. The molecular formula is C16H25Cl2N3. The summed E-state index contributed by atoms with van der Waals surface area (Å²) < 4.78 is 0. The molecule has 118 valence electrons. The summed E-state index contributed by atoms with van der Waals surface area (Å²) >= 11 is 12.4. The minimum Gasteiger partial charge on any atom is -0.366 e. The van der Waals surface area contributed by atoms with Crippen molar-refractivity contribution in [3.05, 3.63) is 17.0 Å². The average Bonchev–Trinajstić information content (AvgIpc) is 2.40. The second-order valence-corrected chi connectivity index (χ2v) is 8.13. The lowest BCUT2D eigenvalue weighted by Crippen LogP contribution is -2.32. The Balaban J connectivity index is 2.00. The topological polar surface area (TPSA) is 37.8 Å². The first-order chi connectivity index (χ1) is 9.79. The van der Waals surface area contributed by atoms with E-state index in [1.807, 2.05) is 6.92 Å². The molecule has 0 aromatic carbocycles. The summed E-state index contributed by atoms with van der Waals surface area (Å²) in [6, 6.07) is 0.439. The summed E-state index contributed by atoms with van der Waals surface area (Å²) in [4.78, 5) is 8.43. The van der Waals surface area contributed by atoms with Crippen molar-refractivity contribution in [2.75, 3.05) is 5.32 Å². The van der Waals surface area contributed by atoms with E-state index in [1.165, 1.54) is 19.2 Å². The highest BCUT2D eigenvalue weighted by atomic mass is 35.5. The zero-order valence-electron chi connectivity index (χ0n) is 13.3. The van der Waals surface area contributed by atoms with Crippen LogP contribution in [-0.2, 0) is 0 Å². The molecule has 0 radical (unpaired) electrons. The van der Waals surface area contributed by atoms with Gasteiger partial charge in [-0.25, -0.2) is 9.97 Å². The number of alkyl halides is 1. The molecule has 1 aliphatic carbocycles. The number of anilines is 1. The van der Waals surface area contributed by atoms with E-state index in [0.717, 1.165) is 18.8 Å². The number of nitrogens with one attached hydrogen (secondary N) is 1. The number of rotatable bonds is 3. The molecule has 1 atom stereocenters. The fraction of sp³-hybridized carbons (Fsp3) is 0.750. The average molecular weight is 330 g/mol. The molecule has 0 aliphatic heterocycles. The Morgan fingerprint density at radius 2 is 1.81 bits per heavy atom. The van der Waals surface area contributed by atoms with Gasteiger partial charge < -0.3 is 5.32 Å². The zero-order chi connectivity index (χ0) is 15.6. The van der Waals surface area contributed by atoms with E-state index in [-0.39, 0.29) is 5.38 Å². The third-order valence-corrected chi connectivity index (χ3v) is 5.07. The van der Waals surface area contributed by atoms with Crippen LogP contribution in [0.1, 0.15) is 64.4 Å². The summed E-state index contributed by atoms with van der Waals surface area (Å²) in [5.74, 6) is 1.52. The highest BCUT2D eigenvalue weighted by Crippen LogP contribution is 2.39. The highest BCUT2D eigenvalue weighted by Gasteiger charge is 2.30.